The number of sulfone groups is 1. The maximum Gasteiger partial charge on any atom is 0.218 e. The fourth-order valence-electron chi connectivity index (χ4n) is 3.70. The van der Waals surface area contributed by atoms with Crippen molar-refractivity contribution in [1.29, 1.82) is 0 Å². The number of ether oxygens (including phenoxy) is 1. The number of oxazole rings is 1. The number of unbranched alkanes of at least 4 members (excludes halogenated alkanes) is 1. The van der Waals surface area contributed by atoms with Crippen LogP contribution < -0.4 is 4.74 Å². The molecule has 0 atom stereocenters. The van der Waals surface area contributed by atoms with E-state index in [1.54, 1.807) is 6.20 Å². The molecule has 2 aromatic heterocycles. The van der Waals surface area contributed by atoms with Crippen molar-refractivity contribution in [3.05, 3.63) is 101 Å². The minimum atomic E-state index is -3.11. The summed E-state index contributed by atoms with van der Waals surface area (Å²) in [6.45, 7) is 0.933. The second-order valence-corrected chi connectivity index (χ2v) is 10.8. The van der Waals surface area contributed by atoms with Gasteiger partial charge in [0.2, 0.25) is 5.89 Å². The lowest BCUT2D eigenvalue weighted by atomic mass is 10.1. The predicted molar refractivity (Wildman–Crippen MR) is 136 cm³/mol. The topological polar surface area (TPSA) is 87.2 Å². The van der Waals surface area contributed by atoms with E-state index in [9.17, 15) is 17.2 Å². The molecule has 0 aliphatic rings. The number of halogens is 2. The minimum absolute atomic E-state index is 0.0518. The third-order valence-electron chi connectivity index (χ3n) is 5.56. The molecule has 0 bridgehead atoms. The number of nitrogens with zero attached hydrogens (tertiary/aromatic N) is 3. The number of aromatic nitrogens is 3. The summed E-state index contributed by atoms with van der Waals surface area (Å²) in [6.07, 6.45) is 11.8. The Morgan fingerprint density at radius 1 is 1.08 bits per heavy atom. The van der Waals surface area contributed by atoms with Gasteiger partial charge < -0.3 is 13.7 Å². The highest BCUT2D eigenvalue weighted by Gasteiger charge is 2.10. The van der Waals surface area contributed by atoms with Gasteiger partial charge in [-0.05, 0) is 55.2 Å². The van der Waals surface area contributed by atoms with Crippen LogP contribution in [0.5, 0.6) is 5.75 Å². The van der Waals surface area contributed by atoms with Gasteiger partial charge >= 0.3 is 0 Å². The fourth-order valence-corrected chi connectivity index (χ4v) is 4.41. The molecule has 4 aromatic rings. The van der Waals surface area contributed by atoms with E-state index in [1.807, 2.05) is 35.0 Å². The SMILES string of the molecule is CS(=O)(=O)Cc1nccn1CCCCc1ccc(OCc2coc(/C=C/c3ccc(F)cc3F)n2)cc1. The van der Waals surface area contributed by atoms with Crippen LogP contribution in [0.1, 0.15) is 41.4 Å². The average molecular weight is 528 g/mol. The van der Waals surface area contributed by atoms with Crippen LogP contribution in [0.2, 0.25) is 0 Å². The standard InChI is InChI=1S/C27H27F2N3O4S/c1-37(33,34)19-26-30-13-15-32(26)14-3-2-4-20-5-10-24(11-6-20)35-17-23-18-36-27(31-23)12-8-21-7-9-22(28)16-25(21)29/h5-13,15-16,18H,2-4,14,17,19H2,1H3/b12-8+. The zero-order valence-corrected chi connectivity index (χ0v) is 21.1. The molecule has 194 valence electrons. The zero-order chi connectivity index (χ0) is 26.3. The largest absolute Gasteiger partial charge is 0.487 e. The molecule has 0 aliphatic heterocycles. The molecule has 0 radical (unpaired) electrons. The first-order valence-corrected chi connectivity index (χ1v) is 13.8. The van der Waals surface area contributed by atoms with Crippen LogP contribution in [0, 0.1) is 11.6 Å². The minimum Gasteiger partial charge on any atom is -0.487 e. The van der Waals surface area contributed by atoms with Crippen molar-refractivity contribution in [3.63, 3.8) is 0 Å². The van der Waals surface area contributed by atoms with Crippen LogP contribution in [0.15, 0.2) is 65.5 Å². The van der Waals surface area contributed by atoms with Gasteiger partial charge in [-0.15, -0.1) is 0 Å². The van der Waals surface area contributed by atoms with Gasteiger partial charge in [0.15, 0.2) is 9.84 Å². The quantitative estimate of drug-likeness (QED) is 0.227. The number of aryl methyl sites for hydroxylation is 2. The highest BCUT2D eigenvalue weighted by Crippen LogP contribution is 2.17. The molecule has 0 spiro atoms. The average Bonchev–Trinajstić information content (AvgIpc) is 3.49. The fraction of sp³-hybridized carbons (Fsp3) is 0.259. The van der Waals surface area contributed by atoms with Crippen LogP contribution in [-0.2, 0) is 35.2 Å². The number of rotatable bonds is 12. The van der Waals surface area contributed by atoms with E-state index in [0.29, 0.717) is 17.3 Å². The Morgan fingerprint density at radius 3 is 2.65 bits per heavy atom. The maximum absolute atomic E-state index is 13.7. The van der Waals surface area contributed by atoms with E-state index in [1.165, 1.54) is 42.4 Å². The molecule has 2 heterocycles. The smallest absolute Gasteiger partial charge is 0.218 e. The Kier molecular flexibility index (Phi) is 8.50. The molecule has 0 saturated heterocycles. The van der Waals surface area contributed by atoms with Crippen molar-refractivity contribution < 1.29 is 26.4 Å². The van der Waals surface area contributed by atoms with Crippen molar-refractivity contribution in [2.75, 3.05) is 6.26 Å². The van der Waals surface area contributed by atoms with Crippen molar-refractivity contribution in [2.24, 2.45) is 0 Å². The van der Waals surface area contributed by atoms with Crippen LogP contribution in [0.3, 0.4) is 0 Å². The molecule has 0 saturated carbocycles. The van der Waals surface area contributed by atoms with Crippen LogP contribution >= 0.6 is 0 Å². The van der Waals surface area contributed by atoms with Crippen molar-refractivity contribution in [3.8, 4) is 5.75 Å². The first-order chi connectivity index (χ1) is 17.7. The summed E-state index contributed by atoms with van der Waals surface area (Å²) in [5.41, 5.74) is 1.99. The van der Waals surface area contributed by atoms with E-state index in [4.69, 9.17) is 9.15 Å². The summed E-state index contributed by atoms with van der Waals surface area (Å²) >= 11 is 0. The third-order valence-corrected chi connectivity index (χ3v) is 6.34. The van der Waals surface area contributed by atoms with Crippen LogP contribution in [-0.4, -0.2) is 29.2 Å². The van der Waals surface area contributed by atoms with Gasteiger partial charge in [0.05, 0.1) is 0 Å². The van der Waals surface area contributed by atoms with Gasteiger partial charge in [-0.25, -0.2) is 27.2 Å². The van der Waals surface area contributed by atoms with Gasteiger partial charge in [-0.2, -0.15) is 0 Å². The lowest BCUT2D eigenvalue weighted by Crippen LogP contribution is -2.09. The van der Waals surface area contributed by atoms with E-state index >= 15 is 0 Å². The molecule has 0 amide bonds. The molecular formula is C27H27F2N3O4S. The lowest BCUT2D eigenvalue weighted by molar-refractivity contribution is 0.301. The predicted octanol–water partition coefficient (Wildman–Crippen LogP) is 5.47. The van der Waals surface area contributed by atoms with Crippen LogP contribution in [0.25, 0.3) is 12.2 Å². The Hall–Kier alpha value is -3.79. The number of imidazole rings is 1. The summed E-state index contributed by atoms with van der Waals surface area (Å²) in [5.74, 6) is 0.209. The van der Waals surface area contributed by atoms with Gasteiger partial charge in [0.25, 0.3) is 0 Å². The zero-order valence-electron chi connectivity index (χ0n) is 20.3. The van der Waals surface area contributed by atoms with E-state index in [0.717, 1.165) is 31.9 Å². The molecule has 4 rings (SSSR count). The number of benzene rings is 2. The molecule has 0 aliphatic carbocycles. The Balaban J connectivity index is 1.20. The molecule has 10 heteroatoms. The van der Waals surface area contributed by atoms with Crippen molar-refractivity contribution >= 4 is 22.0 Å². The summed E-state index contributed by atoms with van der Waals surface area (Å²) in [4.78, 5) is 8.43. The highest BCUT2D eigenvalue weighted by molar-refractivity contribution is 7.89. The monoisotopic (exact) mass is 527 g/mol. The van der Waals surface area contributed by atoms with Crippen molar-refractivity contribution in [2.45, 2.75) is 38.2 Å². The Morgan fingerprint density at radius 2 is 1.89 bits per heavy atom. The molecule has 37 heavy (non-hydrogen) atoms. The Bertz CT molecular complexity index is 1460. The molecule has 0 unspecified atom stereocenters. The Labute approximate surface area is 214 Å². The highest BCUT2D eigenvalue weighted by atomic mass is 32.2. The second kappa shape index (κ2) is 12.0. The molecule has 2 aromatic carbocycles. The second-order valence-electron chi connectivity index (χ2n) is 8.67. The molecule has 0 fully saturated rings. The first-order valence-electron chi connectivity index (χ1n) is 11.7. The van der Waals surface area contributed by atoms with E-state index in [-0.39, 0.29) is 23.8 Å². The van der Waals surface area contributed by atoms with Crippen molar-refractivity contribution in [1.82, 2.24) is 14.5 Å². The first kappa shape index (κ1) is 26.3. The number of hydrogen-bond donors (Lipinski definition) is 0. The van der Waals surface area contributed by atoms with Crippen LogP contribution in [0.4, 0.5) is 8.78 Å². The summed E-state index contributed by atoms with van der Waals surface area (Å²) in [7, 11) is -3.11. The molecule has 7 nitrogen and oxygen atoms in total. The maximum atomic E-state index is 13.7. The summed E-state index contributed by atoms with van der Waals surface area (Å²) < 4.78 is 62.8. The normalized spacial score (nSPS) is 11.9. The van der Waals surface area contributed by atoms with Gasteiger partial charge in [0, 0.05) is 42.9 Å². The number of hydrogen-bond acceptors (Lipinski definition) is 6. The van der Waals surface area contributed by atoms with Gasteiger partial charge in [-0.1, -0.05) is 12.1 Å². The lowest BCUT2D eigenvalue weighted by Gasteiger charge is -2.08. The molecule has 0 N–H and O–H groups in total. The van der Waals surface area contributed by atoms with E-state index in [2.05, 4.69) is 9.97 Å². The third kappa shape index (κ3) is 8.11. The summed E-state index contributed by atoms with van der Waals surface area (Å²) in [5, 5.41) is 0. The van der Waals surface area contributed by atoms with Gasteiger partial charge in [-0.3, -0.25) is 0 Å². The van der Waals surface area contributed by atoms with Gasteiger partial charge in [0.1, 0.15) is 47.5 Å². The van der Waals surface area contributed by atoms with E-state index < -0.39 is 21.5 Å². The molecular weight excluding hydrogens is 500 g/mol. The summed E-state index contributed by atoms with van der Waals surface area (Å²) in [6, 6.07) is 11.2.